The van der Waals surface area contributed by atoms with E-state index in [1.807, 2.05) is 12.1 Å². The van der Waals surface area contributed by atoms with Gasteiger partial charge in [0.2, 0.25) is 0 Å². The van der Waals surface area contributed by atoms with E-state index in [0.29, 0.717) is 32.0 Å². The Bertz CT molecular complexity index is 731. The van der Waals surface area contributed by atoms with Gasteiger partial charge in [-0.3, -0.25) is 9.79 Å². The average molecular weight is 564 g/mol. The maximum Gasteiger partial charge on any atom is 0.269 e. The van der Waals surface area contributed by atoms with Crippen molar-refractivity contribution in [2.75, 3.05) is 26.2 Å². The van der Waals surface area contributed by atoms with E-state index in [-0.39, 0.29) is 24.0 Å². The number of nitrogens with one attached hydrogen (secondary N) is 1. The molecule has 11 heteroatoms. The molecule has 0 bridgehead atoms. The summed E-state index contributed by atoms with van der Waals surface area (Å²) >= 11 is 7.00. The minimum absolute atomic E-state index is 0.0501. The van der Waals surface area contributed by atoms with Crippen molar-refractivity contribution in [3.8, 4) is 5.75 Å². The first kappa shape index (κ1) is 27.2. The van der Waals surface area contributed by atoms with E-state index in [1.165, 1.54) is 0 Å². The number of oxime groups is 1. The number of ether oxygens (including phenoxy) is 1. The Morgan fingerprint density at radius 1 is 1.06 bits per heavy atom. The van der Waals surface area contributed by atoms with Crippen LogP contribution in [0.3, 0.4) is 0 Å². The van der Waals surface area contributed by atoms with Crippen LogP contribution in [0.15, 0.2) is 31.2 Å². The summed E-state index contributed by atoms with van der Waals surface area (Å²) in [5, 5.41) is 15.3. The fraction of sp³-hybridized carbons (Fsp3) is 0.550. The molecular formula is C20H32Br2N6O3. The molecule has 0 saturated carbocycles. The molecule has 8 N–H and O–H groups in total. The molecule has 0 radical (unpaired) electrons. The van der Waals surface area contributed by atoms with Gasteiger partial charge in [0.15, 0.2) is 5.96 Å². The quantitative estimate of drug-likeness (QED) is 0.0724. The van der Waals surface area contributed by atoms with Crippen LogP contribution < -0.4 is 27.3 Å². The average Bonchev–Trinajstić information content (AvgIpc) is 2.72. The highest BCUT2D eigenvalue weighted by Gasteiger charge is 2.16. The standard InChI is InChI=1S/C20H32Br2N6O3/c21-15-11-14(12-16(22)18(15)31-10-6-5-9-27-20(24)25)13-17(28-30)19(29)26-8-4-2-1-3-7-23/h11-12,30H,1-10,13,23H2,(H,26,29)(H4,24,25,27)/b28-17-. The number of aliphatic imine (C=N–C) groups is 1. The van der Waals surface area contributed by atoms with E-state index >= 15 is 0 Å². The third kappa shape index (κ3) is 11.4. The number of guanidine groups is 1. The summed E-state index contributed by atoms with van der Waals surface area (Å²) in [5.74, 6) is 0.369. The van der Waals surface area contributed by atoms with E-state index < -0.39 is 0 Å². The lowest BCUT2D eigenvalue weighted by molar-refractivity contribution is -0.115. The smallest absolute Gasteiger partial charge is 0.269 e. The molecule has 174 valence electrons. The van der Waals surface area contributed by atoms with Crippen molar-refractivity contribution >= 4 is 49.4 Å². The summed E-state index contributed by atoms with van der Waals surface area (Å²) < 4.78 is 7.30. The highest BCUT2D eigenvalue weighted by molar-refractivity contribution is 9.11. The predicted molar refractivity (Wildman–Crippen MR) is 131 cm³/mol. The largest absolute Gasteiger partial charge is 0.491 e. The van der Waals surface area contributed by atoms with Crippen LogP contribution in [0.2, 0.25) is 0 Å². The Kier molecular flexibility index (Phi) is 13.9. The van der Waals surface area contributed by atoms with Crippen LogP contribution in [-0.2, 0) is 11.2 Å². The van der Waals surface area contributed by atoms with Crippen LogP contribution in [0.25, 0.3) is 0 Å². The van der Waals surface area contributed by atoms with Gasteiger partial charge in [-0.1, -0.05) is 18.0 Å². The van der Waals surface area contributed by atoms with Crippen molar-refractivity contribution in [2.24, 2.45) is 27.3 Å². The molecule has 0 aromatic heterocycles. The van der Waals surface area contributed by atoms with Crippen LogP contribution in [0.1, 0.15) is 44.1 Å². The minimum atomic E-state index is -0.380. The van der Waals surface area contributed by atoms with Gasteiger partial charge < -0.3 is 32.5 Å². The number of nitrogens with zero attached hydrogens (tertiary/aromatic N) is 2. The third-order valence-electron chi connectivity index (χ3n) is 4.32. The highest BCUT2D eigenvalue weighted by atomic mass is 79.9. The third-order valence-corrected chi connectivity index (χ3v) is 5.50. The van der Waals surface area contributed by atoms with Gasteiger partial charge in [0, 0.05) is 19.5 Å². The number of halogens is 2. The Hall–Kier alpha value is -1.85. The molecule has 1 aromatic carbocycles. The summed E-state index contributed by atoms with van der Waals surface area (Å²) in [6.07, 6.45) is 5.68. The summed E-state index contributed by atoms with van der Waals surface area (Å²) in [6.45, 7) is 2.29. The summed E-state index contributed by atoms with van der Waals surface area (Å²) in [7, 11) is 0. The lowest BCUT2D eigenvalue weighted by atomic mass is 10.1. The lowest BCUT2D eigenvalue weighted by Gasteiger charge is -2.13. The van der Waals surface area contributed by atoms with Gasteiger partial charge in [-0.2, -0.15) is 0 Å². The second-order valence-corrected chi connectivity index (χ2v) is 8.64. The molecule has 0 heterocycles. The highest BCUT2D eigenvalue weighted by Crippen LogP contribution is 2.35. The zero-order valence-corrected chi connectivity index (χ0v) is 20.8. The van der Waals surface area contributed by atoms with E-state index in [9.17, 15) is 10.0 Å². The molecule has 0 unspecified atom stereocenters. The van der Waals surface area contributed by atoms with Crippen molar-refractivity contribution in [1.29, 1.82) is 0 Å². The summed E-state index contributed by atoms with van der Waals surface area (Å²) in [4.78, 5) is 16.2. The van der Waals surface area contributed by atoms with Gasteiger partial charge in [0.25, 0.3) is 5.91 Å². The zero-order valence-electron chi connectivity index (χ0n) is 17.6. The van der Waals surface area contributed by atoms with Crippen LogP contribution >= 0.6 is 31.9 Å². The van der Waals surface area contributed by atoms with E-state index in [2.05, 4.69) is 47.3 Å². The molecule has 0 aliphatic rings. The number of carbonyl (C=O) groups is 1. The van der Waals surface area contributed by atoms with Gasteiger partial charge in [-0.05, 0) is 81.8 Å². The Morgan fingerprint density at radius 3 is 2.35 bits per heavy atom. The second-order valence-electron chi connectivity index (χ2n) is 6.93. The van der Waals surface area contributed by atoms with E-state index in [4.69, 9.17) is 21.9 Å². The lowest BCUT2D eigenvalue weighted by Crippen LogP contribution is -2.33. The molecule has 0 saturated heterocycles. The van der Waals surface area contributed by atoms with Crippen molar-refractivity contribution in [1.82, 2.24) is 5.32 Å². The van der Waals surface area contributed by atoms with Gasteiger partial charge in [-0.25, -0.2) is 0 Å². The maximum absolute atomic E-state index is 12.3. The van der Waals surface area contributed by atoms with Crippen LogP contribution in [0, 0.1) is 0 Å². The normalized spacial score (nSPS) is 11.3. The Labute approximate surface area is 200 Å². The van der Waals surface area contributed by atoms with Crippen LogP contribution in [-0.4, -0.2) is 49.0 Å². The minimum Gasteiger partial charge on any atom is -0.491 e. The number of hydrogen-bond donors (Lipinski definition) is 5. The number of unbranched alkanes of at least 4 members (excludes halogenated alkanes) is 4. The molecule has 31 heavy (non-hydrogen) atoms. The van der Waals surface area contributed by atoms with Crippen LogP contribution in [0.5, 0.6) is 5.75 Å². The maximum atomic E-state index is 12.3. The summed E-state index contributed by atoms with van der Waals surface area (Å²) in [5.41, 5.74) is 16.9. The molecule has 0 aliphatic carbocycles. The number of nitrogens with two attached hydrogens (primary N) is 3. The topological polar surface area (TPSA) is 161 Å². The fourth-order valence-electron chi connectivity index (χ4n) is 2.73. The first-order valence-corrected chi connectivity index (χ1v) is 11.8. The molecule has 9 nitrogen and oxygen atoms in total. The molecule has 1 rings (SSSR count). The molecule has 0 aliphatic heterocycles. The number of amides is 1. The van der Waals surface area contributed by atoms with Gasteiger partial charge in [0.1, 0.15) is 11.5 Å². The first-order valence-electron chi connectivity index (χ1n) is 10.2. The number of benzene rings is 1. The molecule has 1 amide bonds. The fourth-order valence-corrected chi connectivity index (χ4v) is 4.24. The van der Waals surface area contributed by atoms with E-state index in [0.717, 1.165) is 53.0 Å². The molecule has 1 aromatic rings. The molecule has 0 fully saturated rings. The van der Waals surface area contributed by atoms with Crippen molar-refractivity contribution in [3.05, 3.63) is 26.6 Å². The molecule has 0 atom stereocenters. The SMILES string of the molecule is NCCCCCCNC(=O)/C(Cc1cc(Br)c(OCCCCN=C(N)N)c(Br)c1)=N\O. The monoisotopic (exact) mass is 562 g/mol. The first-order chi connectivity index (χ1) is 14.9. The molecular weight excluding hydrogens is 532 g/mol. The van der Waals surface area contributed by atoms with E-state index in [1.54, 1.807) is 0 Å². The van der Waals surface area contributed by atoms with Gasteiger partial charge >= 0.3 is 0 Å². The van der Waals surface area contributed by atoms with Crippen LogP contribution in [0.4, 0.5) is 0 Å². The number of hydrogen-bond acceptors (Lipinski definition) is 6. The van der Waals surface area contributed by atoms with Gasteiger partial charge in [0.05, 0.1) is 15.6 Å². The summed E-state index contributed by atoms with van der Waals surface area (Å²) in [6, 6.07) is 3.68. The number of carbonyl (C=O) groups excluding carboxylic acids is 1. The van der Waals surface area contributed by atoms with Crippen molar-refractivity contribution in [2.45, 2.75) is 44.9 Å². The van der Waals surface area contributed by atoms with Gasteiger partial charge in [-0.15, -0.1) is 0 Å². The molecule has 0 spiro atoms. The Morgan fingerprint density at radius 2 is 1.74 bits per heavy atom. The van der Waals surface area contributed by atoms with Crippen molar-refractivity contribution < 1.29 is 14.7 Å². The predicted octanol–water partition coefficient (Wildman–Crippen LogP) is 2.65. The Balaban J connectivity index is 2.54. The number of rotatable bonds is 15. The second kappa shape index (κ2) is 15.9. The zero-order chi connectivity index (χ0) is 23.1. The van der Waals surface area contributed by atoms with Crippen molar-refractivity contribution in [3.63, 3.8) is 0 Å².